The Hall–Kier alpha value is -3.18. The zero-order valence-electron chi connectivity index (χ0n) is 18.6. The minimum absolute atomic E-state index is 0.0875. The van der Waals surface area contributed by atoms with E-state index in [0.29, 0.717) is 43.5 Å². The third kappa shape index (κ3) is 5.84. The van der Waals surface area contributed by atoms with Crippen molar-refractivity contribution in [2.45, 2.75) is 4.90 Å². The Balaban J connectivity index is 1.47. The van der Waals surface area contributed by atoms with E-state index in [4.69, 9.17) is 26.4 Å². The summed E-state index contributed by atoms with van der Waals surface area (Å²) in [7, 11) is -2.28. The van der Waals surface area contributed by atoms with Gasteiger partial charge < -0.3 is 24.8 Å². The molecular weight excluding hydrogens is 474 g/mol. The highest BCUT2D eigenvalue weighted by Gasteiger charge is 2.29. The fourth-order valence-electron chi connectivity index (χ4n) is 3.39. The fourth-order valence-corrected chi connectivity index (χ4v) is 5.19. The van der Waals surface area contributed by atoms with Crippen molar-refractivity contribution in [3.05, 3.63) is 72.8 Å². The topological polar surface area (TPSA) is 89.1 Å². The van der Waals surface area contributed by atoms with Crippen molar-refractivity contribution in [2.24, 2.45) is 0 Å². The molecule has 1 heterocycles. The summed E-state index contributed by atoms with van der Waals surface area (Å²) in [6.45, 7) is 1.30. The number of thiocarbonyl (C=S) groups is 1. The van der Waals surface area contributed by atoms with E-state index in [2.05, 4.69) is 10.6 Å². The molecule has 10 heteroatoms. The molecule has 3 aromatic carbocycles. The lowest BCUT2D eigenvalue weighted by atomic mass is 10.3. The lowest BCUT2D eigenvalue weighted by Crippen LogP contribution is -2.41. The van der Waals surface area contributed by atoms with Crippen LogP contribution in [0, 0.1) is 0 Å². The first-order chi connectivity index (χ1) is 16.5. The van der Waals surface area contributed by atoms with Gasteiger partial charge >= 0.3 is 0 Å². The van der Waals surface area contributed by atoms with Gasteiger partial charge in [0.25, 0.3) is 0 Å². The standard InChI is InChI=1S/C24H25N3O5S2/c1-30-21-11-12-22(23(17-21)34(28,29)27-13-15-31-16-14-27)26-24(33)25-18-7-9-20(10-8-18)32-19-5-3-2-4-6-19/h2-12,17H,13-16H2,1H3,(H2,25,26,33). The van der Waals surface area contributed by atoms with Crippen LogP contribution in [0.4, 0.5) is 11.4 Å². The summed E-state index contributed by atoms with van der Waals surface area (Å²) >= 11 is 5.44. The van der Waals surface area contributed by atoms with Crippen LogP contribution in [0.5, 0.6) is 17.2 Å². The zero-order chi connectivity index (χ0) is 24.0. The molecule has 1 saturated heterocycles. The van der Waals surface area contributed by atoms with Crippen molar-refractivity contribution >= 4 is 38.7 Å². The van der Waals surface area contributed by atoms with Crippen LogP contribution in [0.15, 0.2) is 77.7 Å². The second kappa shape index (κ2) is 10.8. The van der Waals surface area contributed by atoms with Gasteiger partial charge in [-0.1, -0.05) is 18.2 Å². The van der Waals surface area contributed by atoms with Crippen LogP contribution in [-0.2, 0) is 14.8 Å². The first-order valence-electron chi connectivity index (χ1n) is 10.6. The highest BCUT2D eigenvalue weighted by molar-refractivity contribution is 7.89. The predicted octanol–water partition coefficient (Wildman–Crippen LogP) is 4.32. The Bertz CT molecular complexity index is 1230. The molecule has 0 aliphatic carbocycles. The van der Waals surface area contributed by atoms with Crippen molar-refractivity contribution in [2.75, 3.05) is 44.0 Å². The number of nitrogens with one attached hydrogen (secondary N) is 2. The van der Waals surface area contributed by atoms with Crippen molar-refractivity contribution < 1.29 is 22.6 Å². The second-order valence-electron chi connectivity index (χ2n) is 7.40. The summed E-state index contributed by atoms with van der Waals surface area (Å²) in [6.07, 6.45) is 0. The van der Waals surface area contributed by atoms with Crippen LogP contribution in [-0.4, -0.2) is 51.2 Å². The van der Waals surface area contributed by atoms with E-state index in [1.54, 1.807) is 12.1 Å². The Morgan fingerprint density at radius 1 is 0.912 bits per heavy atom. The highest BCUT2D eigenvalue weighted by atomic mass is 32.2. The molecule has 0 unspecified atom stereocenters. The molecule has 8 nitrogen and oxygen atoms in total. The molecular formula is C24H25N3O5S2. The van der Waals surface area contributed by atoms with Gasteiger partial charge in [0.15, 0.2) is 5.11 Å². The van der Waals surface area contributed by atoms with E-state index in [9.17, 15) is 8.42 Å². The maximum Gasteiger partial charge on any atom is 0.245 e. The SMILES string of the molecule is COc1ccc(NC(=S)Nc2ccc(Oc3ccccc3)cc2)c(S(=O)(=O)N2CCOCC2)c1. The number of morpholine rings is 1. The average molecular weight is 500 g/mol. The quantitative estimate of drug-likeness (QED) is 0.465. The van der Waals surface area contributed by atoms with E-state index in [1.807, 2.05) is 54.6 Å². The van der Waals surface area contributed by atoms with Crippen LogP contribution in [0.3, 0.4) is 0 Å². The molecule has 0 spiro atoms. The first kappa shape index (κ1) is 24.0. The largest absolute Gasteiger partial charge is 0.497 e. The lowest BCUT2D eigenvalue weighted by Gasteiger charge is -2.27. The number of rotatable bonds is 7. The van der Waals surface area contributed by atoms with Crippen LogP contribution >= 0.6 is 12.2 Å². The fraction of sp³-hybridized carbons (Fsp3) is 0.208. The predicted molar refractivity (Wildman–Crippen MR) is 135 cm³/mol. The van der Waals surface area contributed by atoms with Crippen molar-refractivity contribution in [1.82, 2.24) is 4.31 Å². The average Bonchev–Trinajstić information content (AvgIpc) is 2.86. The molecule has 0 bridgehead atoms. The molecule has 4 rings (SSSR count). The Kier molecular flexibility index (Phi) is 7.63. The molecule has 0 amide bonds. The van der Waals surface area contributed by atoms with Gasteiger partial charge in [-0.15, -0.1) is 0 Å². The van der Waals surface area contributed by atoms with Crippen LogP contribution in [0.2, 0.25) is 0 Å². The number of nitrogens with zero attached hydrogens (tertiary/aromatic N) is 1. The zero-order valence-corrected chi connectivity index (χ0v) is 20.2. The maximum absolute atomic E-state index is 13.3. The van der Waals surface area contributed by atoms with Crippen LogP contribution in [0.1, 0.15) is 0 Å². The maximum atomic E-state index is 13.3. The number of anilines is 2. The number of benzene rings is 3. The van der Waals surface area contributed by atoms with Gasteiger partial charge in [-0.05, 0) is 60.7 Å². The van der Waals surface area contributed by atoms with Gasteiger partial charge in [-0.25, -0.2) is 8.42 Å². The summed E-state index contributed by atoms with van der Waals surface area (Å²) < 4.78 is 44.3. The lowest BCUT2D eigenvalue weighted by molar-refractivity contribution is 0.0730. The minimum Gasteiger partial charge on any atom is -0.497 e. The van der Waals surface area contributed by atoms with Crippen molar-refractivity contribution in [3.63, 3.8) is 0 Å². The molecule has 0 atom stereocenters. The molecule has 1 fully saturated rings. The van der Waals surface area contributed by atoms with Gasteiger partial charge in [0.2, 0.25) is 10.0 Å². The van der Waals surface area contributed by atoms with E-state index in [-0.39, 0.29) is 10.0 Å². The molecule has 0 saturated carbocycles. The van der Waals surface area contributed by atoms with Crippen LogP contribution in [0.25, 0.3) is 0 Å². The summed E-state index contributed by atoms with van der Waals surface area (Å²) in [5, 5.41) is 6.33. The summed E-state index contributed by atoms with van der Waals surface area (Å²) in [6, 6.07) is 21.6. The molecule has 3 aromatic rings. The van der Waals surface area contributed by atoms with Gasteiger partial charge in [0, 0.05) is 24.8 Å². The summed E-state index contributed by atoms with van der Waals surface area (Å²) in [5.74, 6) is 1.86. The van der Waals surface area contributed by atoms with E-state index < -0.39 is 10.0 Å². The molecule has 178 valence electrons. The molecule has 0 aromatic heterocycles. The van der Waals surface area contributed by atoms with Crippen LogP contribution < -0.4 is 20.1 Å². The van der Waals surface area contributed by atoms with Gasteiger partial charge in [-0.2, -0.15) is 4.31 Å². The molecule has 1 aliphatic rings. The third-order valence-corrected chi connectivity index (χ3v) is 7.26. The number of ether oxygens (including phenoxy) is 3. The monoisotopic (exact) mass is 499 g/mol. The second-order valence-corrected chi connectivity index (χ2v) is 9.71. The summed E-state index contributed by atoms with van der Waals surface area (Å²) in [4.78, 5) is 0.0875. The molecule has 34 heavy (non-hydrogen) atoms. The highest BCUT2D eigenvalue weighted by Crippen LogP contribution is 2.30. The number of sulfonamides is 1. The Morgan fingerprint density at radius 3 is 2.24 bits per heavy atom. The summed E-state index contributed by atoms with van der Waals surface area (Å²) in [5.41, 5.74) is 1.08. The number of hydrogen-bond donors (Lipinski definition) is 2. The van der Waals surface area contributed by atoms with E-state index in [1.165, 1.54) is 17.5 Å². The van der Waals surface area contributed by atoms with Crippen molar-refractivity contribution in [1.29, 1.82) is 0 Å². The van der Waals surface area contributed by atoms with Gasteiger partial charge in [0.1, 0.15) is 22.1 Å². The smallest absolute Gasteiger partial charge is 0.245 e. The molecule has 0 radical (unpaired) electrons. The van der Waals surface area contributed by atoms with E-state index in [0.717, 1.165) is 11.4 Å². The van der Waals surface area contributed by atoms with Crippen molar-refractivity contribution in [3.8, 4) is 17.2 Å². The first-order valence-corrected chi connectivity index (χ1v) is 12.5. The Labute approximate surface area is 204 Å². The molecule has 1 aliphatic heterocycles. The number of para-hydroxylation sites is 1. The van der Waals surface area contributed by atoms with Gasteiger partial charge in [0.05, 0.1) is 26.0 Å². The van der Waals surface area contributed by atoms with Gasteiger partial charge in [-0.3, -0.25) is 0 Å². The normalized spacial score (nSPS) is 14.3. The third-order valence-electron chi connectivity index (χ3n) is 5.12. The Morgan fingerprint density at radius 2 is 1.56 bits per heavy atom. The minimum atomic E-state index is -3.77. The molecule has 2 N–H and O–H groups in total. The van der Waals surface area contributed by atoms with E-state index >= 15 is 0 Å². The number of methoxy groups -OCH3 is 1. The number of hydrogen-bond acceptors (Lipinski definition) is 6.